The first-order valence-corrected chi connectivity index (χ1v) is 8.97. The summed E-state index contributed by atoms with van der Waals surface area (Å²) in [6.07, 6.45) is 3.41. The molecule has 0 aliphatic heterocycles. The lowest BCUT2D eigenvalue weighted by atomic mass is 10.2. The van der Waals surface area contributed by atoms with Gasteiger partial charge in [0, 0.05) is 35.6 Å². The molecule has 3 N–H and O–H groups in total. The van der Waals surface area contributed by atoms with E-state index in [9.17, 15) is 9.59 Å². The summed E-state index contributed by atoms with van der Waals surface area (Å²) >= 11 is 1.47. The van der Waals surface area contributed by atoms with Crippen molar-refractivity contribution in [1.29, 1.82) is 0 Å². The number of nitrogens with zero attached hydrogens (tertiary/aromatic N) is 1. The van der Waals surface area contributed by atoms with Crippen LogP contribution in [0.4, 0.5) is 10.5 Å². The first-order valence-electron chi connectivity index (χ1n) is 7.99. The molecule has 0 saturated carbocycles. The number of urea groups is 1. The Morgan fingerprint density at radius 3 is 2.40 bits per heavy atom. The Morgan fingerprint density at radius 1 is 1.08 bits per heavy atom. The molecule has 1 aromatic heterocycles. The molecule has 7 heteroatoms. The van der Waals surface area contributed by atoms with Crippen molar-refractivity contribution in [2.24, 2.45) is 0 Å². The quantitative estimate of drug-likeness (QED) is 0.665. The largest absolute Gasteiger partial charge is 0.351 e. The van der Waals surface area contributed by atoms with Gasteiger partial charge in [-0.25, -0.2) is 4.79 Å². The number of rotatable bonds is 7. The lowest BCUT2D eigenvalue weighted by Gasteiger charge is -2.11. The standard InChI is InChI=1S/C18H22N4O2S/c1-13(2)21-18(24)22-15-5-3-14(4-6-15)11-20-17(23)12-25-16-7-9-19-10-8-16/h3-10,13H,11-12H2,1-2H3,(H,20,23)(H2,21,22,24). The second-order valence-electron chi connectivity index (χ2n) is 5.70. The molecular formula is C18H22N4O2S. The molecule has 0 spiro atoms. The smallest absolute Gasteiger partial charge is 0.319 e. The van der Waals surface area contributed by atoms with Crippen LogP contribution in [0.2, 0.25) is 0 Å². The van der Waals surface area contributed by atoms with Gasteiger partial charge in [0.2, 0.25) is 5.91 Å². The van der Waals surface area contributed by atoms with Crippen LogP contribution in [0.1, 0.15) is 19.4 Å². The van der Waals surface area contributed by atoms with E-state index >= 15 is 0 Å². The maximum absolute atomic E-state index is 11.9. The molecular weight excluding hydrogens is 336 g/mol. The number of benzene rings is 1. The molecule has 132 valence electrons. The van der Waals surface area contributed by atoms with Crippen LogP contribution in [0.25, 0.3) is 0 Å². The van der Waals surface area contributed by atoms with Gasteiger partial charge in [-0.05, 0) is 43.7 Å². The fraction of sp³-hybridized carbons (Fsp3) is 0.278. The van der Waals surface area contributed by atoms with Gasteiger partial charge in [-0.1, -0.05) is 12.1 Å². The number of nitrogens with one attached hydrogen (secondary N) is 3. The Hall–Kier alpha value is -2.54. The Kier molecular flexibility index (Phi) is 7.28. The van der Waals surface area contributed by atoms with Gasteiger partial charge in [0.1, 0.15) is 0 Å². The van der Waals surface area contributed by atoms with Crippen LogP contribution in [0.3, 0.4) is 0 Å². The maximum atomic E-state index is 11.9. The number of pyridine rings is 1. The number of hydrogen-bond acceptors (Lipinski definition) is 4. The average molecular weight is 358 g/mol. The first-order chi connectivity index (χ1) is 12.0. The van der Waals surface area contributed by atoms with Gasteiger partial charge >= 0.3 is 6.03 Å². The van der Waals surface area contributed by atoms with E-state index in [-0.39, 0.29) is 18.0 Å². The zero-order chi connectivity index (χ0) is 18.1. The van der Waals surface area contributed by atoms with E-state index in [2.05, 4.69) is 20.9 Å². The van der Waals surface area contributed by atoms with E-state index < -0.39 is 0 Å². The SMILES string of the molecule is CC(C)NC(=O)Nc1ccc(CNC(=O)CSc2ccncc2)cc1. The number of anilines is 1. The molecule has 0 radical (unpaired) electrons. The van der Waals surface area contributed by atoms with E-state index in [1.54, 1.807) is 12.4 Å². The minimum Gasteiger partial charge on any atom is -0.351 e. The minimum absolute atomic E-state index is 0.0275. The molecule has 0 atom stereocenters. The second kappa shape index (κ2) is 9.68. The normalized spacial score (nSPS) is 10.4. The van der Waals surface area contributed by atoms with E-state index in [0.717, 1.165) is 10.5 Å². The molecule has 2 aromatic rings. The minimum atomic E-state index is -0.232. The van der Waals surface area contributed by atoms with Gasteiger partial charge in [-0.2, -0.15) is 0 Å². The monoisotopic (exact) mass is 358 g/mol. The predicted octanol–water partition coefficient (Wildman–Crippen LogP) is 3.02. The molecule has 2 rings (SSSR count). The van der Waals surface area contributed by atoms with Crippen molar-refractivity contribution in [1.82, 2.24) is 15.6 Å². The predicted molar refractivity (Wildman–Crippen MR) is 101 cm³/mol. The molecule has 6 nitrogen and oxygen atoms in total. The van der Waals surface area contributed by atoms with Gasteiger partial charge in [0.25, 0.3) is 0 Å². The summed E-state index contributed by atoms with van der Waals surface area (Å²) in [6.45, 7) is 4.25. The highest BCUT2D eigenvalue weighted by molar-refractivity contribution is 8.00. The summed E-state index contributed by atoms with van der Waals surface area (Å²) < 4.78 is 0. The van der Waals surface area contributed by atoms with Gasteiger partial charge in [0.05, 0.1) is 5.75 Å². The third kappa shape index (κ3) is 7.26. The fourth-order valence-corrected chi connectivity index (χ4v) is 2.68. The molecule has 0 bridgehead atoms. The average Bonchev–Trinajstić information content (AvgIpc) is 2.59. The van der Waals surface area contributed by atoms with Crippen molar-refractivity contribution in [2.45, 2.75) is 31.3 Å². The van der Waals surface area contributed by atoms with Crippen molar-refractivity contribution in [3.8, 4) is 0 Å². The third-order valence-corrected chi connectivity index (χ3v) is 4.15. The van der Waals surface area contributed by atoms with E-state index in [1.807, 2.05) is 50.2 Å². The van der Waals surface area contributed by atoms with Crippen molar-refractivity contribution < 1.29 is 9.59 Å². The summed E-state index contributed by atoms with van der Waals surface area (Å²) in [7, 11) is 0. The molecule has 0 saturated heterocycles. The second-order valence-corrected chi connectivity index (χ2v) is 6.75. The Morgan fingerprint density at radius 2 is 1.76 bits per heavy atom. The Balaban J connectivity index is 1.73. The highest BCUT2D eigenvalue weighted by atomic mass is 32.2. The van der Waals surface area contributed by atoms with E-state index in [4.69, 9.17) is 0 Å². The number of hydrogen-bond donors (Lipinski definition) is 3. The van der Waals surface area contributed by atoms with Crippen LogP contribution >= 0.6 is 11.8 Å². The molecule has 1 heterocycles. The van der Waals surface area contributed by atoms with Crippen molar-refractivity contribution in [2.75, 3.05) is 11.1 Å². The van der Waals surface area contributed by atoms with Crippen LogP contribution in [0.5, 0.6) is 0 Å². The number of aromatic nitrogens is 1. The zero-order valence-electron chi connectivity index (χ0n) is 14.3. The van der Waals surface area contributed by atoms with E-state index in [1.165, 1.54) is 11.8 Å². The van der Waals surface area contributed by atoms with Crippen LogP contribution < -0.4 is 16.0 Å². The molecule has 1 aromatic carbocycles. The molecule has 0 aliphatic carbocycles. The summed E-state index contributed by atoms with van der Waals surface area (Å²) in [5.74, 6) is 0.333. The van der Waals surface area contributed by atoms with Crippen molar-refractivity contribution >= 4 is 29.4 Å². The van der Waals surface area contributed by atoms with Crippen LogP contribution in [-0.2, 0) is 11.3 Å². The van der Waals surface area contributed by atoms with Crippen LogP contribution in [0.15, 0.2) is 53.7 Å². The summed E-state index contributed by atoms with van der Waals surface area (Å²) in [6, 6.07) is 11.0. The Labute approximate surface area is 151 Å². The highest BCUT2D eigenvalue weighted by Crippen LogP contribution is 2.15. The molecule has 0 aliphatic rings. The zero-order valence-corrected chi connectivity index (χ0v) is 15.1. The molecule has 3 amide bonds. The lowest BCUT2D eigenvalue weighted by Crippen LogP contribution is -2.34. The number of thioether (sulfide) groups is 1. The van der Waals surface area contributed by atoms with Crippen LogP contribution in [0, 0.1) is 0 Å². The summed E-state index contributed by atoms with van der Waals surface area (Å²) in [5, 5.41) is 8.40. The molecule has 25 heavy (non-hydrogen) atoms. The van der Waals surface area contributed by atoms with Gasteiger partial charge in [0.15, 0.2) is 0 Å². The van der Waals surface area contributed by atoms with Crippen molar-refractivity contribution in [3.05, 3.63) is 54.4 Å². The van der Waals surface area contributed by atoms with Gasteiger partial charge in [-0.3, -0.25) is 9.78 Å². The fourth-order valence-electron chi connectivity index (χ4n) is 1.97. The number of carbonyl (C=O) groups is 2. The first kappa shape index (κ1) is 18.8. The highest BCUT2D eigenvalue weighted by Gasteiger charge is 2.05. The molecule has 0 unspecified atom stereocenters. The third-order valence-electron chi connectivity index (χ3n) is 3.14. The Bertz CT molecular complexity index is 690. The number of carbonyl (C=O) groups excluding carboxylic acids is 2. The maximum Gasteiger partial charge on any atom is 0.319 e. The number of amides is 3. The summed E-state index contributed by atoms with van der Waals surface area (Å²) in [4.78, 5) is 28.5. The van der Waals surface area contributed by atoms with Gasteiger partial charge in [-0.15, -0.1) is 11.8 Å². The van der Waals surface area contributed by atoms with Crippen molar-refractivity contribution in [3.63, 3.8) is 0 Å². The van der Waals surface area contributed by atoms with Gasteiger partial charge < -0.3 is 16.0 Å². The topological polar surface area (TPSA) is 83.1 Å². The summed E-state index contributed by atoms with van der Waals surface area (Å²) in [5.41, 5.74) is 1.68. The lowest BCUT2D eigenvalue weighted by molar-refractivity contribution is -0.118. The van der Waals surface area contributed by atoms with E-state index in [0.29, 0.717) is 18.0 Å². The molecule has 0 fully saturated rings. The van der Waals surface area contributed by atoms with Crippen LogP contribution in [-0.4, -0.2) is 28.7 Å².